The molecule has 3 aromatic carbocycles. The van der Waals surface area contributed by atoms with Crippen molar-refractivity contribution in [2.75, 3.05) is 0 Å². The molecule has 0 saturated heterocycles. The van der Waals surface area contributed by atoms with Crippen molar-refractivity contribution in [1.82, 2.24) is 10.2 Å². The van der Waals surface area contributed by atoms with Crippen molar-refractivity contribution in [2.45, 2.75) is 12.8 Å². The zero-order valence-corrected chi connectivity index (χ0v) is 17.3. The second-order valence-corrected chi connectivity index (χ2v) is 7.99. The maximum atomic E-state index is 14.3. The van der Waals surface area contributed by atoms with Crippen molar-refractivity contribution >= 4 is 34.1 Å². The number of rotatable bonds is 6. The van der Waals surface area contributed by atoms with Crippen LogP contribution in [0.15, 0.2) is 78.9 Å². The molecule has 4 nitrogen and oxygen atoms in total. The van der Waals surface area contributed by atoms with E-state index in [1.165, 1.54) is 5.57 Å². The molecule has 1 aliphatic carbocycles. The quantitative estimate of drug-likeness (QED) is 0.287. The predicted octanol–water partition coefficient (Wildman–Crippen LogP) is 6.17. The van der Waals surface area contributed by atoms with E-state index >= 15 is 0 Å². The molecule has 1 aliphatic rings. The number of aromatic nitrogens is 2. The van der Waals surface area contributed by atoms with Gasteiger partial charge in [-0.05, 0) is 70.4 Å². The number of hydrogen-bond acceptors (Lipinski definition) is 2. The highest BCUT2D eigenvalue weighted by molar-refractivity contribution is 6.01. The van der Waals surface area contributed by atoms with Crippen molar-refractivity contribution in [3.05, 3.63) is 107 Å². The SMILES string of the molecule is O=C(O)/C=C/c1ccc(/C(=C(\c2ccccc2)C2CC2)c2ccc3n[nH]c(F)c3c2)cc1. The second-order valence-electron chi connectivity index (χ2n) is 7.99. The molecule has 0 atom stereocenters. The van der Waals surface area contributed by atoms with E-state index in [0.29, 0.717) is 16.8 Å². The van der Waals surface area contributed by atoms with Gasteiger partial charge in [0.05, 0.1) is 10.9 Å². The van der Waals surface area contributed by atoms with Crippen LogP contribution in [0.2, 0.25) is 0 Å². The monoisotopic (exact) mass is 424 g/mol. The van der Waals surface area contributed by atoms with E-state index in [4.69, 9.17) is 5.11 Å². The van der Waals surface area contributed by atoms with Crippen LogP contribution in [0.5, 0.6) is 0 Å². The van der Waals surface area contributed by atoms with Crippen molar-refractivity contribution in [3.63, 3.8) is 0 Å². The molecule has 2 N–H and O–H groups in total. The Kier molecular flexibility index (Phi) is 5.15. The Labute approximate surface area is 184 Å². The van der Waals surface area contributed by atoms with Crippen LogP contribution in [0.4, 0.5) is 4.39 Å². The Balaban J connectivity index is 1.72. The molecule has 32 heavy (non-hydrogen) atoms. The third-order valence-corrected chi connectivity index (χ3v) is 5.75. The molecular weight excluding hydrogens is 403 g/mol. The lowest BCUT2D eigenvalue weighted by Crippen LogP contribution is -1.97. The van der Waals surface area contributed by atoms with E-state index in [-0.39, 0.29) is 0 Å². The minimum absolute atomic E-state index is 0.442. The largest absolute Gasteiger partial charge is 0.478 e. The summed E-state index contributed by atoms with van der Waals surface area (Å²) in [4.78, 5) is 10.8. The topological polar surface area (TPSA) is 66.0 Å². The highest BCUT2D eigenvalue weighted by Crippen LogP contribution is 2.47. The zero-order valence-electron chi connectivity index (χ0n) is 17.3. The van der Waals surface area contributed by atoms with Gasteiger partial charge >= 0.3 is 5.97 Å². The molecular formula is C27H21FN2O2. The first-order chi connectivity index (χ1) is 15.6. The van der Waals surface area contributed by atoms with Gasteiger partial charge in [-0.3, -0.25) is 5.10 Å². The number of halogens is 1. The minimum atomic E-state index is -0.981. The molecule has 0 amide bonds. The number of carboxylic acid groups (broad SMARTS) is 1. The fourth-order valence-corrected chi connectivity index (χ4v) is 4.11. The summed E-state index contributed by atoms with van der Waals surface area (Å²) in [5, 5.41) is 15.8. The van der Waals surface area contributed by atoms with Crippen LogP contribution >= 0.6 is 0 Å². The number of carboxylic acids is 1. The fraction of sp³-hybridized carbons (Fsp3) is 0.111. The summed E-state index contributed by atoms with van der Waals surface area (Å²) in [6.45, 7) is 0. The molecule has 0 spiro atoms. The van der Waals surface area contributed by atoms with Gasteiger partial charge < -0.3 is 5.11 Å². The average molecular weight is 424 g/mol. The number of nitrogens with zero attached hydrogens (tertiary/aromatic N) is 1. The van der Waals surface area contributed by atoms with Crippen LogP contribution in [0.25, 0.3) is 28.1 Å². The van der Waals surface area contributed by atoms with Crippen LogP contribution in [-0.4, -0.2) is 21.3 Å². The highest BCUT2D eigenvalue weighted by atomic mass is 19.1. The fourth-order valence-electron chi connectivity index (χ4n) is 4.11. The van der Waals surface area contributed by atoms with Crippen LogP contribution in [-0.2, 0) is 4.79 Å². The molecule has 1 heterocycles. The average Bonchev–Trinajstić information content (AvgIpc) is 3.59. The van der Waals surface area contributed by atoms with Gasteiger partial charge in [0, 0.05) is 6.08 Å². The van der Waals surface area contributed by atoms with E-state index in [9.17, 15) is 9.18 Å². The van der Waals surface area contributed by atoms with Gasteiger partial charge in [-0.2, -0.15) is 9.49 Å². The summed E-state index contributed by atoms with van der Waals surface area (Å²) >= 11 is 0. The lowest BCUT2D eigenvalue weighted by atomic mass is 9.86. The Hall–Kier alpha value is -3.99. The molecule has 5 rings (SSSR count). The van der Waals surface area contributed by atoms with Crippen LogP contribution < -0.4 is 0 Å². The number of hydrogen-bond donors (Lipinski definition) is 2. The van der Waals surface area contributed by atoms with Crippen LogP contribution in [0.3, 0.4) is 0 Å². The van der Waals surface area contributed by atoms with Gasteiger partial charge in [0.25, 0.3) is 0 Å². The van der Waals surface area contributed by atoms with Crippen molar-refractivity contribution < 1.29 is 14.3 Å². The first-order valence-electron chi connectivity index (χ1n) is 10.5. The third-order valence-electron chi connectivity index (χ3n) is 5.75. The molecule has 158 valence electrons. The smallest absolute Gasteiger partial charge is 0.328 e. The Morgan fingerprint density at radius 2 is 1.69 bits per heavy atom. The standard InChI is InChI=1S/C27H21FN2O2/c28-27-22-16-21(13-14-23(22)29-30-27)26(19-9-6-17(7-10-19)8-15-24(31)32)25(20-11-12-20)18-4-2-1-3-5-18/h1-10,13-16,20H,11-12H2,(H,29,30)(H,31,32)/b15-8+,26-25-. The summed E-state index contributed by atoms with van der Waals surface area (Å²) < 4.78 is 14.3. The zero-order chi connectivity index (χ0) is 22.1. The van der Waals surface area contributed by atoms with Gasteiger partial charge in [0.15, 0.2) is 0 Å². The summed E-state index contributed by atoms with van der Waals surface area (Å²) in [6.07, 6.45) is 4.94. The number of fused-ring (bicyclic) bond motifs is 1. The molecule has 1 saturated carbocycles. The van der Waals surface area contributed by atoms with Gasteiger partial charge in [0.1, 0.15) is 0 Å². The molecule has 5 heteroatoms. The molecule has 4 aromatic rings. The number of nitrogens with one attached hydrogen (secondary N) is 1. The van der Waals surface area contributed by atoms with Crippen LogP contribution in [0, 0.1) is 11.9 Å². The third kappa shape index (κ3) is 3.97. The maximum Gasteiger partial charge on any atom is 0.328 e. The van der Waals surface area contributed by atoms with E-state index < -0.39 is 11.9 Å². The summed E-state index contributed by atoms with van der Waals surface area (Å²) in [5.41, 5.74) is 6.81. The van der Waals surface area contributed by atoms with Crippen LogP contribution in [0.1, 0.15) is 35.1 Å². The lowest BCUT2D eigenvalue weighted by Gasteiger charge is -2.17. The van der Waals surface area contributed by atoms with Gasteiger partial charge in [-0.25, -0.2) is 4.79 Å². The molecule has 0 radical (unpaired) electrons. The first-order valence-corrected chi connectivity index (χ1v) is 10.5. The van der Waals surface area contributed by atoms with Crippen molar-refractivity contribution in [2.24, 2.45) is 5.92 Å². The summed E-state index contributed by atoms with van der Waals surface area (Å²) in [5.74, 6) is -0.975. The Bertz CT molecular complexity index is 1350. The maximum absolute atomic E-state index is 14.3. The molecule has 0 aliphatic heterocycles. The number of carbonyl (C=O) groups is 1. The molecule has 1 fully saturated rings. The number of allylic oxidation sites excluding steroid dienone is 1. The number of aliphatic carboxylic acids is 1. The van der Waals surface area contributed by atoms with E-state index in [1.54, 1.807) is 6.08 Å². The van der Waals surface area contributed by atoms with E-state index in [1.807, 2.05) is 60.7 Å². The Morgan fingerprint density at radius 1 is 0.969 bits per heavy atom. The lowest BCUT2D eigenvalue weighted by molar-refractivity contribution is -0.131. The first kappa shape index (κ1) is 19.9. The molecule has 0 unspecified atom stereocenters. The number of benzene rings is 3. The van der Waals surface area contributed by atoms with E-state index in [2.05, 4.69) is 22.3 Å². The highest BCUT2D eigenvalue weighted by Gasteiger charge is 2.30. The van der Waals surface area contributed by atoms with E-state index in [0.717, 1.165) is 46.7 Å². The Morgan fingerprint density at radius 3 is 2.38 bits per heavy atom. The number of H-pyrrole nitrogens is 1. The van der Waals surface area contributed by atoms with Crippen molar-refractivity contribution in [1.29, 1.82) is 0 Å². The second kappa shape index (κ2) is 8.27. The molecule has 1 aromatic heterocycles. The van der Waals surface area contributed by atoms with Gasteiger partial charge in [0.2, 0.25) is 5.95 Å². The summed E-state index contributed by atoms with van der Waals surface area (Å²) in [6, 6.07) is 23.8. The number of aromatic amines is 1. The molecule has 0 bridgehead atoms. The van der Waals surface area contributed by atoms with Gasteiger partial charge in [-0.15, -0.1) is 0 Å². The summed E-state index contributed by atoms with van der Waals surface area (Å²) in [7, 11) is 0. The normalized spacial score (nSPS) is 14.7. The van der Waals surface area contributed by atoms with Gasteiger partial charge in [-0.1, -0.05) is 60.7 Å². The predicted molar refractivity (Wildman–Crippen MR) is 124 cm³/mol. The minimum Gasteiger partial charge on any atom is -0.478 e. The van der Waals surface area contributed by atoms with Crippen molar-refractivity contribution in [3.8, 4) is 0 Å².